The van der Waals surface area contributed by atoms with Gasteiger partial charge in [0.2, 0.25) is 0 Å². The van der Waals surface area contributed by atoms with Crippen molar-refractivity contribution in [3.05, 3.63) is 21.3 Å². The Bertz CT molecular complexity index is 328. The molecule has 2 unspecified atom stereocenters. The molecular weight excluding hydrogens is 230 g/mol. The van der Waals surface area contributed by atoms with Gasteiger partial charge in [0.05, 0.1) is 10.4 Å². The summed E-state index contributed by atoms with van der Waals surface area (Å²) in [7, 11) is 2.13. The lowest BCUT2D eigenvalue weighted by Crippen LogP contribution is -2.53. The second kappa shape index (κ2) is 4.80. The van der Waals surface area contributed by atoms with Crippen LogP contribution in [0.5, 0.6) is 0 Å². The molecule has 5 heteroatoms. The summed E-state index contributed by atoms with van der Waals surface area (Å²) in [6.45, 7) is 3.10. The molecule has 0 amide bonds. The highest BCUT2D eigenvalue weighted by Crippen LogP contribution is 2.27. The zero-order valence-electron chi connectivity index (χ0n) is 8.74. The minimum Gasteiger partial charge on any atom is -0.322 e. The number of hydrogen-bond donors (Lipinski definition) is 2. The molecule has 15 heavy (non-hydrogen) atoms. The van der Waals surface area contributed by atoms with Crippen LogP contribution in [0, 0.1) is 0 Å². The molecule has 0 aliphatic carbocycles. The molecule has 1 aliphatic rings. The van der Waals surface area contributed by atoms with Crippen LogP contribution in [0.3, 0.4) is 0 Å². The highest BCUT2D eigenvalue weighted by molar-refractivity contribution is 7.16. The molecule has 3 nitrogen and oxygen atoms in total. The summed E-state index contributed by atoms with van der Waals surface area (Å²) < 4.78 is 0.810. The Balaban J connectivity index is 2.03. The Morgan fingerprint density at radius 1 is 1.67 bits per heavy atom. The fourth-order valence-electron chi connectivity index (χ4n) is 1.88. The third-order valence-corrected chi connectivity index (χ3v) is 4.10. The van der Waals surface area contributed by atoms with Crippen LogP contribution in [0.1, 0.15) is 10.9 Å². The van der Waals surface area contributed by atoms with Crippen molar-refractivity contribution in [2.24, 2.45) is 5.73 Å². The molecule has 0 bridgehead atoms. The summed E-state index contributed by atoms with van der Waals surface area (Å²) in [6.07, 6.45) is 0. The lowest BCUT2D eigenvalue weighted by Gasteiger charge is -2.34. The average molecular weight is 246 g/mol. The normalized spacial score (nSPS) is 25.4. The van der Waals surface area contributed by atoms with E-state index in [0.717, 1.165) is 28.8 Å². The molecule has 1 fully saturated rings. The predicted octanol–water partition coefficient (Wildman–Crippen LogP) is 1.30. The summed E-state index contributed by atoms with van der Waals surface area (Å²) in [5.41, 5.74) is 6.21. The standard InChI is InChI=1S/C10H16ClN3S/c1-14-5-4-13-7(6-14)10(12)8-2-3-9(11)15-8/h2-3,7,10,13H,4-6,12H2,1H3. The largest absolute Gasteiger partial charge is 0.322 e. The minimum absolute atomic E-state index is 0.0465. The van der Waals surface area contributed by atoms with Crippen molar-refractivity contribution in [2.45, 2.75) is 12.1 Å². The van der Waals surface area contributed by atoms with Crippen molar-refractivity contribution in [3.63, 3.8) is 0 Å². The van der Waals surface area contributed by atoms with Gasteiger partial charge in [-0.3, -0.25) is 0 Å². The maximum Gasteiger partial charge on any atom is 0.0931 e. The first kappa shape index (κ1) is 11.4. The molecule has 1 aromatic rings. The summed E-state index contributed by atoms with van der Waals surface area (Å²) >= 11 is 7.48. The molecule has 0 aromatic carbocycles. The van der Waals surface area contributed by atoms with Crippen molar-refractivity contribution in [1.29, 1.82) is 0 Å². The molecule has 3 N–H and O–H groups in total. The van der Waals surface area contributed by atoms with E-state index in [1.807, 2.05) is 12.1 Å². The molecule has 2 atom stereocenters. The number of rotatable bonds is 2. The van der Waals surface area contributed by atoms with Gasteiger partial charge in [-0.2, -0.15) is 0 Å². The van der Waals surface area contributed by atoms with E-state index >= 15 is 0 Å². The highest BCUT2D eigenvalue weighted by atomic mass is 35.5. The average Bonchev–Trinajstić information content (AvgIpc) is 2.64. The number of thiophene rings is 1. The second-order valence-corrected chi connectivity index (χ2v) is 5.74. The first-order valence-electron chi connectivity index (χ1n) is 5.09. The summed E-state index contributed by atoms with van der Waals surface area (Å²) in [5, 5.41) is 3.45. The number of piperazine rings is 1. The zero-order valence-corrected chi connectivity index (χ0v) is 10.3. The lowest BCUT2D eigenvalue weighted by molar-refractivity contribution is 0.221. The van der Waals surface area contributed by atoms with Crippen LogP contribution in [0.2, 0.25) is 4.34 Å². The molecule has 2 rings (SSSR count). The van der Waals surface area contributed by atoms with Gasteiger partial charge in [0.1, 0.15) is 0 Å². The van der Waals surface area contributed by atoms with E-state index in [1.165, 1.54) is 0 Å². The monoisotopic (exact) mass is 245 g/mol. The van der Waals surface area contributed by atoms with Crippen molar-refractivity contribution in [2.75, 3.05) is 26.7 Å². The fourth-order valence-corrected chi connectivity index (χ4v) is 3.01. The van der Waals surface area contributed by atoms with Crippen LogP contribution in [-0.2, 0) is 0 Å². The third-order valence-electron chi connectivity index (χ3n) is 2.76. The number of nitrogens with two attached hydrogens (primary N) is 1. The quantitative estimate of drug-likeness (QED) is 0.826. The van der Waals surface area contributed by atoms with Crippen molar-refractivity contribution < 1.29 is 0 Å². The van der Waals surface area contributed by atoms with Gasteiger partial charge >= 0.3 is 0 Å². The van der Waals surface area contributed by atoms with Gasteiger partial charge in [0.15, 0.2) is 0 Å². The van der Waals surface area contributed by atoms with Gasteiger partial charge in [0.25, 0.3) is 0 Å². The SMILES string of the molecule is CN1CCNC(C(N)c2ccc(Cl)s2)C1. The van der Waals surface area contributed by atoms with Crippen LogP contribution < -0.4 is 11.1 Å². The number of nitrogens with one attached hydrogen (secondary N) is 1. The molecule has 1 aromatic heterocycles. The molecule has 1 saturated heterocycles. The first-order chi connectivity index (χ1) is 7.16. The highest BCUT2D eigenvalue weighted by Gasteiger charge is 2.24. The summed E-state index contributed by atoms with van der Waals surface area (Å²) in [4.78, 5) is 3.46. The van der Waals surface area contributed by atoms with E-state index in [0.29, 0.717) is 6.04 Å². The molecule has 0 radical (unpaired) electrons. The van der Waals surface area contributed by atoms with Gasteiger partial charge in [-0.15, -0.1) is 11.3 Å². The van der Waals surface area contributed by atoms with Crippen molar-refractivity contribution in [1.82, 2.24) is 10.2 Å². The van der Waals surface area contributed by atoms with Crippen molar-refractivity contribution >= 4 is 22.9 Å². The lowest BCUT2D eigenvalue weighted by atomic mass is 10.1. The number of nitrogens with zero attached hydrogens (tertiary/aromatic N) is 1. The smallest absolute Gasteiger partial charge is 0.0931 e. The van der Waals surface area contributed by atoms with Crippen LogP contribution in [0.25, 0.3) is 0 Å². The molecule has 1 aliphatic heterocycles. The Labute approximate surface area is 99.2 Å². The van der Waals surface area contributed by atoms with E-state index < -0.39 is 0 Å². The Morgan fingerprint density at radius 3 is 3.07 bits per heavy atom. The number of halogens is 1. The fraction of sp³-hybridized carbons (Fsp3) is 0.600. The van der Waals surface area contributed by atoms with E-state index in [2.05, 4.69) is 17.3 Å². The van der Waals surface area contributed by atoms with Crippen LogP contribution in [0.15, 0.2) is 12.1 Å². The van der Waals surface area contributed by atoms with E-state index in [9.17, 15) is 0 Å². The predicted molar refractivity (Wildman–Crippen MR) is 65.5 cm³/mol. The maximum absolute atomic E-state index is 6.21. The molecule has 84 valence electrons. The molecule has 0 saturated carbocycles. The molecule has 0 spiro atoms. The first-order valence-corrected chi connectivity index (χ1v) is 6.29. The van der Waals surface area contributed by atoms with Gasteiger partial charge in [-0.25, -0.2) is 0 Å². The van der Waals surface area contributed by atoms with Gasteiger partial charge in [-0.1, -0.05) is 11.6 Å². The van der Waals surface area contributed by atoms with Crippen LogP contribution in [-0.4, -0.2) is 37.6 Å². The maximum atomic E-state index is 6.21. The Morgan fingerprint density at radius 2 is 2.47 bits per heavy atom. The Hall–Kier alpha value is -0.130. The van der Waals surface area contributed by atoms with Gasteiger partial charge in [0, 0.05) is 30.6 Å². The van der Waals surface area contributed by atoms with Crippen molar-refractivity contribution in [3.8, 4) is 0 Å². The molecule has 2 heterocycles. The molecular formula is C10H16ClN3S. The summed E-state index contributed by atoms with van der Waals surface area (Å²) in [5.74, 6) is 0. The van der Waals surface area contributed by atoms with Crippen LogP contribution in [0.4, 0.5) is 0 Å². The van der Waals surface area contributed by atoms with Gasteiger partial charge < -0.3 is 16.0 Å². The van der Waals surface area contributed by atoms with Crippen LogP contribution >= 0.6 is 22.9 Å². The summed E-state index contributed by atoms with van der Waals surface area (Å²) in [6, 6.07) is 4.31. The second-order valence-electron chi connectivity index (χ2n) is 3.99. The third kappa shape index (κ3) is 2.71. The van der Waals surface area contributed by atoms with E-state index in [1.54, 1.807) is 11.3 Å². The zero-order chi connectivity index (χ0) is 10.8. The van der Waals surface area contributed by atoms with Gasteiger partial charge in [-0.05, 0) is 19.2 Å². The topological polar surface area (TPSA) is 41.3 Å². The number of hydrogen-bond acceptors (Lipinski definition) is 4. The van der Waals surface area contributed by atoms with E-state index in [-0.39, 0.29) is 6.04 Å². The Kier molecular flexibility index (Phi) is 3.64. The minimum atomic E-state index is 0.0465. The number of likely N-dealkylation sites (N-methyl/N-ethyl adjacent to an activating group) is 1. The van der Waals surface area contributed by atoms with E-state index in [4.69, 9.17) is 17.3 Å².